The van der Waals surface area contributed by atoms with Crippen LogP contribution in [0.15, 0.2) is 18.2 Å². The first kappa shape index (κ1) is 11.5. The predicted octanol–water partition coefficient (Wildman–Crippen LogP) is 2.47. The number of phenols is 1. The zero-order valence-electron chi connectivity index (χ0n) is 10.8. The number of nitrogens with zero attached hydrogens (tertiary/aromatic N) is 2. The number of phenolic OH excluding ortho intramolecular Hbond substituents is 1. The molecule has 1 fully saturated rings. The van der Waals surface area contributed by atoms with E-state index < -0.39 is 0 Å². The molecule has 0 radical (unpaired) electrons. The van der Waals surface area contributed by atoms with Crippen molar-refractivity contribution < 1.29 is 5.11 Å². The monoisotopic (exact) mass is 245 g/mol. The van der Waals surface area contributed by atoms with Crippen LogP contribution >= 0.6 is 0 Å². The highest BCUT2D eigenvalue weighted by Gasteiger charge is 2.26. The number of likely N-dealkylation sites (tertiary alicyclic amines) is 1. The molecule has 0 amide bonds. The highest BCUT2D eigenvalue weighted by Crippen LogP contribution is 2.35. The van der Waals surface area contributed by atoms with Crippen LogP contribution in [0, 0.1) is 0 Å². The molecular formula is C14H19N3O. The second-order valence-electron chi connectivity index (χ2n) is 5.36. The third kappa shape index (κ3) is 1.77. The summed E-state index contributed by atoms with van der Waals surface area (Å²) in [5, 5.41) is 18.2. The molecule has 2 aromatic rings. The molecule has 1 aliphatic rings. The van der Waals surface area contributed by atoms with Crippen molar-refractivity contribution >= 4 is 10.9 Å². The quantitative estimate of drug-likeness (QED) is 0.811. The van der Waals surface area contributed by atoms with Crippen LogP contribution in [0.3, 0.4) is 0 Å². The van der Waals surface area contributed by atoms with E-state index in [0.29, 0.717) is 17.5 Å². The number of hydrogen-bond donors (Lipinski definition) is 2. The van der Waals surface area contributed by atoms with Gasteiger partial charge >= 0.3 is 0 Å². The van der Waals surface area contributed by atoms with Crippen molar-refractivity contribution in [2.24, 2.45) is 0 Å². The molecule has 1 saturated heterocycles. The lowest BCUT2D eigenvalue weighted by Crippen LogP contribution is -2.37. The Kier molecular flexibility index (Phi) is 2.74. The highest BCUT2D eigenvalue weighted by molar-refractivity contribution is 5.86. The molecule has 1 aromatic heterocycles. The smallest absolute Gasteiger partial charge is 0.143 e. The average molecular weight is 245 g/mol. The van der Waals surface area contributed by atoms with E-state index in [1.54, 1.807) is 6.07 Å². The van der Waals surface area contributed by atoms with Crippen molar-refractivity contribution in [1.29, 1.82) is 0 Å². The summed E-state index contributed by atoms with van der Waals surface area (Å²) in [7, 11) is 2.18. The minimum Gasteiger partial charge on any atom is -0.506 e. The van der Waals surface area contributed by atoms with Crippen LogP contribution in [0.1, 0.15) is 31.4 Å². The van der Waals surface area contributed by atoms with E-state index in [4.69, 9.17) is 0 Å². The summed E-state index contributed by atoms with van der Waals surface area (Å²) in [6.45, 7) is 3.38. The van der Waals surface area contributed by atoms with Gasteiger partial charge in [0.15, 0.2) is 0 Å². The van der Waals surface area contributed by atoms with Gasteiger partial charge < -0.3 is 10.0 Å². The Morgan fingerprint density at radius 2 is 2.28 bits per heavy atom. The lowest BCUT2D eigenvalue weighted by Gasteiger charge is -2.34. The maximum atomic E-state index is 9.79. The van der Waals surface area contributed by atoms with Crippen LogP contribution in [0.2, 0.25) is 0 Å². The number of aromatic nitrogens is 2. The number of fused-ring (bicyclic) bond motifs is 1. The fraction of sp³-hybridized carbons (Fsp3) is 0.500. The number of nitrogens with one attached hydrogen (secondary N) is 1. The van der Waals surface area contributed by atoms with E-state index in [0.717, 1.165) is 24.8 Å². The van der Waals surface area contributed by atoms with Crippen LogP contribution in [0.25, 0.3) is 10.9 Å². The van der Waals surface area contributed by atoms with Gasteiger partial charge in [0, 0.05) is 23.0 Å². The number of rotatable bonds is 1. The van der Waals surface area contributed by atoms with Crippen LogP contribution < -0.4 is 0 Å². The Morgan fingerprint density at radius 3 is 3.06 bits per heavy atom. The average Bonchev–Trinajstić information content (AvgIpc) is 2.78. The summed E-state index contributed by atoms with van der Waals surface area (Å²) in [6, 6.07) is 6.20. The maximum absolute atomic E-state index is 9.79. The molecule has 0 saturated carbocycles. The molecule has 96 valence electrons. The van der Waals surface area contributed by atoms with E-state index in [1.165, 1.54) is 5.69 Å². The Labute approximate surface area is 107 Å². The fourth-order valence-electron chi connectivity index (χ4n) is 2.91. The van der Waals surface area contributed by atoms with Crippen LogP contribution in [0.4, 0.5) is 0 Å². The molecule has 4 heteroatoms. The van der Waals surface area contributed by atoms with Gasteiger partial charge in [0.25, 0.3) is 0 Å². The molecule has 1 aromatic carbocycles. The first-order valence-electron chi connectivity index (χ1n) is 6.53. The molecule has 4 nitrogen and oxygen atoms in total. The lowest BCUT2D eigenvalue weighted by molar-refractivity contribution is 0.181. The molecule has 1 aliphatic heterocycles. The van der Waals surface area contributed by atoms with E-state index in [-0.39, 0.29) is 5.75 Å². The van der Waals surface area contributed by atoms with Gasteiger partial charge in [0.2, 0.25) is 0 Å². The van der Waals surface area contributed by atoms with Gasteiger partial charge in [-0.15, -0.1) is 0 Å². The number of benzene rings is 1. The van der Waals surface area contributed by atoms with Crippen molar-refractivity contribution in [3.05, 3.63) is 23.9 Å². The van der Waals surface area contributed by atoms with Gasteiger partial charge in [0.05, 0.1) is 0 Å². The fourth-order valence-corrected chi connectivity index (χ4v) is 2.91. The van der Waals surface area contributed by atoms with Gasteiger partial charge in [0.1, 0.15) is 11.3 Å². The predicted molar refractivity (Wildman–Crippen MR) is 71.8 cm³/mol. The molecule has 2 N–H and O–H groups in total. The molecular weight excluding hydrogens is 226 g/mol. The molecule has 3 rings (SSSR count). The normalized spacial score (nSPS) is 25.7. The zero-order valence-corrected chi connectivity index (χ0v) is 10.8. The number of aromatic hydroxyl groups is 1. The van der Waals surface area contributed by atoms with Crippen molar-refractivity contribution in [2.75, 3.05) is 13.6 Å². The van der Waals surface area contributed by atoms with Crippen LogP contribution in [0.5, 0.6) is 5.75 Å². The standard InChI is InChI=1S/C14H19N3O/c1-9-8-10(6-7-17(9)2)13-11-4-3-5-12(18)14(11)16-15-13/h3-5,9-10,18H,6-8H2,1-2H3,(H,15,16)/t9-,10-/m0/s1. The van der Waals surface area contributed by atoms with Gasteiger partial charge in [-0.2, -0.15) is 5.10 Å². The summed E-state index contributed by atoms with van der Waals surface area (Å²) >= 11 is 0. The van der Waals surface area contributed by atoms with E-state index in [1.807, 2.05) is 12.1 Å². The van der Waals surface area contributed by atoms with Crippen LogP contribution in [-0.4, -0.2) is 39.8 Å². The number of aromatic amines is 1. The summed E-state index contributed by atoms with van der Waals surface area (Å²) in [6.07, 6.45) is 2.29. The Bertz CT molecular complexity index is 563. The summed E-state index contributed by atoms with van der Waals surface area (Å²) in [5.41, 5.74) is 1.87. The molecule has 0 aliphatic carbocycles. The maximum Gasteiger partial charge on any atom is 0.143 e. The minimum atomic E-state index is 0.260. The number of para-hydroxylation sites is 1. The lowest BCUT2D eigenvalue weighted by atomic mass is 9.88. The second kappa shape index (κ2) is 4.28. The van der Waals surface area contributed by atoms with Gasteiger partial charge in [-0.05, 0) is 39.4 Å². The van der Waals surface area contributed by atoms with Gasteiger partial charge in [-0.1, -0.05) is 12.1 Å². The Balaban J connectivity index is 1.98. The van der Waals surface area contributed by atoms with E-state index in [2.05, 4.69) is 29.1 Å². The zero-order chi connectivity index (χ0) is 12.7. The third-order valence-corrected chi connectivity index (χ3v) is 4.21. The van der Waals surface area contributed by atoms with Crippen molar-refractivity contribution in [2.45, 2.75) is 31.7 Å². The topological polar surface area (TPSA) is 52.1 Å². The minimum absolute atomic E-state index is 0.260. The summed E-state index contributed by atoms with van der Waals surface area (Å²) in [5.74, 6) is 0.777. The van der Waals surface area contributed by atoms with E-state index in [9.17, 15) is 5.11 Å². The second-order valence-corrected chi connectivity index (χ2v) is 5.36. The third-order valence-electron chi connectivity index (χ3n) is 4.21. The first-order valence-corrected chi connectivity index (χ1v) is 6.53. The summed E-state index contributed by atoms with van der Waals surface area (Å²) in [4.78, 5) is 2.40. The van der Waals surface area contributed by atoms with Gasteiger partial charge in [-0.3, -0.25) is 5.10 Å². The highest BCUT2D eigenvalue weighted by atomic mass is 16.3. The molecule has 0 spiro atoms. The number of H-pyrrole nitrogens is 1. The molecule has 0 unspecified atom stereocenters. The molecule has 2 heterocycles. The van der Waals surface area contributed by atoms with Gasteiger partial charge in [-0.25, -0.2) is 0 Å². The first-order chi connectivity index (χ1) is 8.66. The largest absolute Gasteiger partial charge is 0.506 e. The van der Waals surface area contributed by atoms with Crippen LogP contribution in [-0.2, 0) is 0 Å². The van der Waals surface area contributed by atoms with Crippen molar-refractivity contribution in [3.63, 3.8) is 0 Å². The van der Waals surface area contributed by atoms with Crippen molar-refractivity contribution in [3.8, 4) is 5.75 Å². The molecule has 18 heavy (non-hydrogen) atoms. The molecule has 2 atom stereocenters. The van der Waals surface area contributed by atoms with E-state index >= 15 is 0 Å². The molecule has 0 bridgehead atoms. The Hall–Kier alpha value is -1.55. The van der Waals surface area contributed by atoms with Crippen molar-refractivity contribution in [1.82, 2.24) is 15.1 Å². The number of piperidine rings is 1. The summed E-state index contributed by atoms with van der Waals surface area (Å²) < 4.78 is 0. The Morgan fingerprint density at radius 1 is 1.44 bits per heavy atom. The number of hydrogen-bond acceptors (Lipinski definition) is 3. The SMILES string of the molecule is C[C@H]1C[C@@H](c2[nH]nc3c(O)cccc23)CCN1C.